The summed E-state index contributed by atoms with van der Waals surface area (Å²) < 4.78 is 27.0. The first-order chi connectivity index (χ1) is 11.0. The second kappa shape index (κ2) is 8.65. The van der Waals surface area contributed by atoms with Crippen molar-refractivity contribution in [1.29, 1.82) is 0 Å². The Morgan fingerprint density at radius 2 is 2.17 bits per heavy atom. The van der Waals surface area contributed by atoms with Crippen LogP contribution in [-0.4, -0.2) is 52.0 Å². The number of hydrogen-bond donors (Lipinski definition) is 2. The third-order valence-corrected chi connectivity index (χ3v) is 6.70. The molecule has 0 bridgehead atoms. The summed E-state index contributed by atoms with van der Waals surface area (Å²) in [4.78, 5) is 6.82. The Bertz CT molecular complexity index is 591. The molecule has 0 unspecified atom stereocenters. The van der Waals surface area contributed by atoms with Gasteiger partial charge in [-0.1, -0.05) is 13.0 Å². The lowest BCUT2D eigenvalue weighted by molar-refractivity contribution is 0.273. The molecular formula is C15H26N4O2S2. The van der Waals surface area contributed by atoms with Crippen molar-refractivity contribution in [2.75, 3.05) is 32.7 Å². The Hall–Kier alpha value is -1.12. The monoisotopic (exact) mass is 358 g/mol. The fraction of sp³-hybridized carbons (Fsp3) is 0.667. The van der Waals surface area contributed by atoms with Crippen LogP contribution < -0.4 is 10.0 Å². The zero-order valence-electron chi connectivity index (χ0n) is 13.8. The Morgan fingerprint density at radius 1 is 1.43 bits per heavy atom. The van der Waals surface area contributed by atoms with Gasteiger partial charge in [0.2, 0.25) is 10.0 Å². The first-order valence-corrected chi connectivity index (χ1v) is 10.5. The lowest BCUT2D eigenvalue weighted by Crippen LogP contribution is -2.45. The van der Waals surface area contributed by atoms with Crippen molar-refractivity contribution < 1.29 is 8.42 Å². The lowest BCUT2D eigenvalue weighted by Gasteiger charge is -2.33. The predicted octanol–water partition coefficient (Wildman–Crippen LogP) is 1.72. The lowest BCUT2D eigenvalue weighted by atomic mass is 10.00. The molecule has 1 aliphatic rings. The summed E-state index contributed by atoms with van der Waals surface area (Å²) in [7, 11) is -3.39. The van der Waals surface area contributed by atoms with E-state index in [0.29, 0.717) is 17.3 Å². The Labute approximate surface area is 143 Å². The summed E-state index contributed by atoms with van der Waals surface area (Å²) in [6.45, 7) is 7.88. The van der Waals surface area contributed by atoms with Crippen molar-refractivity contribution in [3.05, 3.63) is 17.5 Å². The SMILES string of the molecule is CCNC(=NCCNS(=O)(=O)c1cccs1)N1CCC(C)CC1. The fourth-order valence-corrected chi connectivity index (χ4v) is 4.53. The Kier molecular flexibility index (Phi) is 6.86. The number of nitrogens with one attached hydrogen (secondary N) is 2. The summed E-state index contributed by atoms with van der Waals surface area (Å²) in [6.07, 6.45) is 2.35. The van der Waals surface area contributed by atoms with Crippen LogP contribution in [0.2, 0.25) is 0 Å². The molecule has 1 aromatic rings. The van der Waals surface area contributed by atoms with Crippen molar-refractivity contribution in [1.82, 2.24) is 14.9 Å². The summed E-state index contributed by atoms with van der Waals surface area (Å²) in [5, 5.41) is 5.05. The third kappa shape index (κ3) is 5.47. The maximum Gasteiger partial charge on any atom is 0.250 e. The number of sulfonamides is 1. The second-order valence-corrected chi connectivity index (χ2v) is 8.68. The third-order valence-electron chi connectivity index (χ3n) is 3.84. The van der Waals surface area contributed by atoms with Gasteiger partial charge in [-0.25, -0.2) is 13.1 Å². The number of nitrogens with zero attached hydrogens (tertiary/aromatic N) is 2. The van der Waals surface area contributed by atoms with Gasteiger partial charge in [-0.3, -0.25) is 4.99 Å². The highest BCUT2D eigenvalue weighted by molar-refractivity contribution is 7.91. The minimum atomic E-state index is -3.39. The molecule has 1 aliphatic heterocycles. The van der Waals surface area contributed by atoms with Gasteiger partial charge in [0.15, 0.2) is 5.96 Å². The molecule has 8 heteroatoms. The molecule has 0 amide bonds. The standard InChI is InChI=1S/C15H26N4O2S2/c1-3-16-15(19-10-6-13(2)7-11-19)17-8-9-18-23(20,21)14-5-4-12-22-14/h4-5,12-13,18H,3,6-11H2,1-2H3,(H,16,17). The Morgan fingerprint density at radius 3 is 2.78 bits per heavy atom. The molecule has 0 atom stereocenters. The second-order valence-electron chi connectivity index (χ2n) is 5.74. The number of aliphatic imine (C=N–C) groups is 1. The van der Waals surface area contributed by atoms with Crippen LogP contribution in [0.25, 0.3) is 0 Å². The maximum atomic E-state index is 12.0. The summed E-state index contributed by atoms with van der Waals surface area (Å²) in [5.74, 6) is 1.65. The highest BCUT2D eigenvalue weighted by atomic mass is 32.2. The van der Waals surface area contributed by atoms with Crippen molar-refractivity contribution in [3.8, 4) is 0 Å². The van der Waals surface area contributed by atoms with Gasteiger partial charge in [-0.05, 0) is 37.1 Å². The van der Waals surface area contributed by atoms with Gasteiger partial charge < -0.3 is 10.2 Å². The van der Waals surface area contributed by atoms with Crippen molar-refractivity contribution in [3.63, 3.8) is 0 Å². The molecule has 6 nitrogen and oxygen atoms in total. The minimum Gasteiger partial charge on any atom is -0.357 e. The number of piperidine rings is 1. The number of thiophene rings is 1. The topological polar surface area (TPSA) is 73.8 Å². The molecular weight excluding hydrogens is 332 g/mol. The molecule has 0 aromatic carbocycles. The molecule has 1 saturated heterocycles. The predicted molar refractivity (Wildman–Crippen MR) is 95.5 cm³/mol. The van der Waals surface area contributed by atoms with E-state index < -0.39 is 10.0 Å². The zero-order chi connectivity index (χ0) is 16.7. The van der Waals surface area contributed by atoms with Crippen molar-refractivity contribution in [2.45, 2.75) is 30.9 Å². The quantitative estimate of drug-likeness (QED) is 0.461. The molecule has 23 heavy (non-hydrogen) atoms. The highest BCUT2D eigenvalue weighted by Crippen LogP contribution is 2.16. The van der Waals surface area contributed by atoms with E-state index in [1.54, 1.807) is 17.5 Å². The van der Waals surface area contributed by atoms with E-state index in [9.17, 15) is 8.42 Å². The number of guanidine groups is 1. The molecule has 1 aromatic heterocycles. The van der Waals surface area contributed by atoms with Crippen molar-refractivity contribution >= 4 is 27.3 Å². The highest BCUT2D eigenvalue weighted by Gasteiger charge is 2.18. The van der Waals surface area contributed by atoms with Crippen LogP contribution >= 0.6 is 11.3 Å². The number of hydrogen-bond acceptors (Lipinski definition) is 4. The Balaban J connectivity index is 1.86. The largest absolute Gasteiger partial charge is 0.357 e. The van der Waals surface area contributed by atoms with Crippen LogP contribution in [0.3, 0.4) is 0 Å². The average molecular weight is 359 g/mol. The van der Waals surface area contributed by atoms with E-state index in [1.807, 2.05) is 6.92 Å². The van der Waals surface area contributed by atoms with E-state index in [-0.39, 0.29) is 0 Å². The van der Waals surface area contributed by atoms with Crippen LogP contribution in [0, 0.1) is 5.92 Å². The van der Waals surface area contributed by atoms with Gasteiger partial charge in [0.05, 0.1) is 6.54 Å². The first kappa shape index (κ1) is 18.2. The van der Waals surface area contributed by atoms with Crippen LogP contribution in [0.15, 0.2) is 26.7 Å². The normalized spacial score (nSPS) is 17.5. The van der Waals surface area contributed by atoms with E-state index in [0.717, 1.165) is 31.5 Å². The number of rotatable bonds is 6. The molecule has 0 spiro atoms. The molecule has 0 aliphatic carbocycles. The van der Waals surface area contributed by atoms with Gasteiger partial charge in [-0.15, -0.1) is 11.3 Å². The van der Waals surface area contributed by atoms with Gasteiger partial charge in [0.25, 0.3) is 0 Å². The maximum absolute atomic E-state index is 12.0. The van der Waals surface area contributed by atoms with Crippen LogP contribution in [0.5, 0.6) is 0 Å². The van der Waals surface area contributed by atoms with Crippen molar-refractivity contribution in [2.24, 2.45) is 10.9 Å². The first-order valence-electron chi connectivity index (χ1n) is 8.09. The molecule has 0 radical (unpaired) electrons. The number of likely N-dealkylation sites (tertiary alicyclic amines) is 1. The van der Waals surface area contributed by atoms with Crippen LogP contribution in [0.4, 0.5) is 0 Å². The summed E-state index contributed by atoms with van der Waals surface area (Å²) in [6, 6.07) is 3.34. The van der Waals surface area contributed by atoms with E-state index in [1.165, 1.54) is 24.2 Å². The zero-order valence-corrected chi connectivity index (χ0v) is 15.4. The minimum absolute atomic E-state index is 0.305. The fourth-order valence-electron chi connectivity index (χ4n) is 2.48. The molecule has 2 rings (SSSR count). The average Bonchev–Trinajstić information content (AvgIpc) is 3.06. The van der Waals surface area contributed by atoms with E-state index in [4.69, 9.17) is 0 Å². The molecule has 2 N–H and O–H groups in total. The molecule has 130 valence electrons. The van der Waals surface area contributed by atoms with Crippen LogP contribution in [0.1, 0.15) is 26.7 Å². The van der Waals surface area contributed by atoms with Gasteiger partial charge in [-0.2, -0.15) is 0 Å². The summed E-state index contributed by atoms with van der Waals surface area (Å²) >= 11 is 1.22. The molecule has 0 saturated carbocycles. The van der Waals surface area contributed by atoms with E-state index >= 15 is 0 Å². The van der Waals surface area contributed by atoms with Gasteiger partial charge >= 0.3 is 0 Å². The van der Waals surface area contributed by atoms with E-state index in [2.05, 4.69) is 26.9 Å². The molecule has 1 fully saturated rings. The smallest absolute Gasteiger partial charge is 0.250 e. The van der Waals surface area contributed by atoms with Gasteiger partial charge in [0, 0.05) is 26.2 Å². The van der Waals surface area contributed by atoms with Gasteiger partial charge in [0.1, 0.15) is 4.21 Å². The van der Waals surface area contributed by atoms with Crippen LogP contribution in [-0.2, 0) is 10.0 Å². The molecule has 2 heterocycles. The summed E-state index contributed by atoms with van der Waals surface area (Å²) in [5.41, 5.74) is 0.